The van der Waals surface area contributed by atoms with Crippen molar-refractivity contribution in [3.8, 4) is 5.69 Å². The molecule has 0 bridgehead atoms. The number of carbonyl (C=O) groups excluding carboxylic acids is 1. The molecule has 5 rings (SSSR count). The summed E-state index contributed by atoms with van der Waals surface area (Å²) in [6, 6.07) is 14.1. The molecule has 3 heterocycles. The number of para-hydroxylation sites is 1. The van der Waals surface area contributed by atoms with Crippen molar-refractivity contribution in [2.24, 2.45) is 0 Å². The monoisotopic (exact) mass is 421 g/mol. The first-order valence-corrected chi connectivity index (χ1v) is 10.7. The van der Waals surface area contributed by atoms with E-state index >= 15 is 0 Å². The Balaban J connectivity index is 1.37. The lowest BCUT2D eigenvalue weighted by molar-refractivity contribution is 0.0694. The lowest BCUT2D eigenvalue weighted by atomic mass is 9.98. The van der Waals surface area contributed by atoms with Crippen molar-refractivity contribution in [3.05, 3.63) is 71.0 Å². The normalized spacial score (nSPS) is 16.9. The molecule has 152 valence electrons. The number of nitrogens with zero attached hydrogens (tertiary/aromatic N) is 5. The first kappa shape index (κ1) is 18.9. The van der Waals surface area contributed by atoms with Crippen LogP contribution in [0, 0.1) is 12.7 Å². The van der Waals surface area contributed by atoms with Crippen molar-refractivity contribution >= 4 is 27.5 Å². The summed E-state index contributed by atoms with van der Waals surface area (Å²) in [6.07, 6.45) is 1.93. The third-order valence-electron chi connectivity index (χ3n) is 5.40. The lowest BCUT2D eigenvalue weighted by Crippen LogP contribution is -2.39. The average molecular weight is 422 g/mol. The molecule has 1 aliphatic heterocycles. The van der Waals surface area contributed by atoms with Gasteiger partial charge in [0, 0.05) is 19.0 Å². The van der Waals surface area contributed by atoms with E-state index in [0.29, 0.717) is 24.6 Å². The number of hydrogen-bond donors (Lipinski definition) is 0. The van der Waals surface area contributed by atoms with Crippen molar-refractivity contribution < 1.29 is 9.18 Å². The number of hydrogen-bond acceptors (Lipinski definition) is 5. The van der Waals surface area contributed by atoms with Gasteiger partial charge in [-0.25, -0.2) is 19.0 Å². The van der Waals surface area contributed by atoms with Gasteiger partial charge in [0.05, 0.1) is 20.9 Å². The van der Waals surface area contributed by atoms with Crippen LogP contribution in [0.3, 0.4) is 0 Å². The second kappa shape index (κ2) is 7.60. The van der Waals surface area contributed by atoms with Crippen LogP contribution in [-0.2, 0) is 0 Å². The highest BCUT2D eigenvalue weighted by Crippen LogP contribution is 2.33. The molecule has 0 N–H and O–H groups in total. The van der Waals surface area contributed by atoms with Crippen molar-refractivity contribution in [1.82, 2.24) is 24.6 Å². The largest absolute Gasteiger partial charge is 0.335 e. The van der Waals surface area contributed by atoms with Crippen LogP contribution in [0.25, 0.3) is 15.9 Å². The molecular formula is C22H20FN5OS. The Kier molecular flexibility index (Phi) is 4.78. The minimum atomic E-state index is -0.318. The van der Waals surface area contributed by atoms with Gasteiger partial charge in [0.25, 0.3) is 5.91 Å². The van der Waals surface area contributed by atoms with Crippen LogP contribution in [-0.4, -0.2) is 43.6 Å². The van der Waals surface area contributed by atoms with Gasteiger partial charge in [-0.05, 0) is 56.2 Å². The maximum atomic E-state index is 13.2. The first-order valence-electron chi connectivity index (χ1n) is 9.93. The van der Waals surface area contributed by atoms with Gasteiger partial charge < -0.3 is 4.90 Å². The molecule has 4 aromatic rings. The number of benzene rings is 2. The number of thiazole rings is 1. The molecule has 8 heteroatoms. The minimum absolute atomic E-state index is 0.168. The highest BCUT2D eigenvalue weighted by Gasteiger charge is 2.29. The Labute approximate surface area is 177 Å². The molecule has 0 saturated carbocycles. The Morgan fingerprint density at radius 2 is 1.93 bits per heavy atom. The zero-order valence-electron chi connectivity index (χ0n) is 16.5. The number of likely N-dealkylation sites (tertiary alicyclic amines) is 1. The lowest BCUT2D eigenvalue weighted by Gasteiger charge is -2.31. The summed E-state index contributed by atoms with van der Waals surface area (Å²) >= 11 is 1.70. The van der Waals surface area contributed by atoms with Crippen LogP contribution in [0.5, 0.6) is 0 Å². The Morgan fingerprint density at radius 3 is 2.73 bits per heavy atom. The molecule has 1 saturated heterocycles. The van der Waals surface area contributed by atoms with Gasteiger partial charge >= 0.3 is 0 Å². The van der Waals surface area contributed by atoms with Gasteiger partial charge in [-0.1, -0.05) is 12.1 Å². The first-order chi connectivity index (χ1) is 14.6. The second-order valence-electron chi connectivity index (χ2n) is 7.48. The molecule has 0 aliphatic carbocycles. The Morgan fingerprint density at radius 1 is 1.13 bits per heavy atom. The fraction of sp³-hybridized carbons (Fsp3) is 0.273. The smallest absolute Gasteiger partial charge is 0.293 e. The summed E-state index contributed by atoms with van der Waals surface area (Å²) in [5.74, 6) is 0.485. The molecule has 1 aliphatic rings. The van der Waals surface area contributed by atoms with E-state index in [9.17, 15) is 9.18 Å². The topological polar surface area (TPSA) is 63.9 Å². The number of rotatable bonds is 3. The molecule has 1 unspecified atom stereocenters. The molecule has 1 amide bonds. The SMILES string of the molecule is Cc1nc(C(=O)N2CCCC(c3nc4ccccc4s3)C2)nn1-c1ccc(F)cc1. The summed E-state index contributed by atoms with van der Waals surface area (Å²) in [6.45, 7) is 3.08. The van der Waals surface area contributed by atoms with Gasteiger partial charge in [-0.2, -0.15) is 0 Å². The molecule has 2 aromatic heterocycles. The molecule has 1 fully saturated rings. The summed E-state index contributed by atoms with van der Waals surface area (Å²) in [4.78, 5) is 24.1. The molecule has 6 nitrogen and oxygen atoms in total. The second-order valence-corrected chi connectivity index (χ2v) is 8.54. The van der Waals surface area contributed by atoms with Crippen molar-refractivity contribution in [2.75, 3.05) is 13.1 Å². The van der Waals surface area contributed by atoms with Gasteiger partial charge in [0.1, 0.15) is 11.6 Å². The summed E-state index contributed by atoms with van der Waals surface area (Å²) in [7, 11) is 0. The molecule has 2 aromatic carbocycles. The van der Waals surface area contributed by atoms with E-state index in [4.69, 9.17) is 4.98 Å². The van der Waals surface area contributed by atoms with Gasteiger partial charge in [-0.3, -0.25) is 4.79 Å². The summed E-state index contributed by atoms with van der Waals surface area (Å²) in [5.41, 5.74) is 1.68. The van der Waals surface area contributed by atoms with Crippen molar-refractivity contribution in [2.45, 2.75) is 25.7 Å². The predicted molar refractivity (Wildman–Crippen MR) is 114 cm³/mol. The molecule has 0 radical (unpaired) electrons. The zero-order chi connectivity index (χ0) is 20.7. The number of carbonyl (C=O) groups is 1. The molecular weight excluding hydrogens is 401 g/mol. The van der Waals surface area contributed by atoms with Gasteiger partial charge in [-0.15, -0.1) is 16.4 Å². The number of halogens is 1. The van der Waals surface area contributed by atoms with Crippen LogP contribution < -0.4 is 0 Å². The van der Waals surface area contributed by atoms with E-state index < -0.39 is 0 Å². The summed E-state index contributed by atoms with van der Waals surface area (Å²) < 4.78 is 16.0. The highest BCUT2D eigenvalue weighted by atomic mass is 32.1. The number of amides is 1. The minimum Gasteiger partial charge on any atom is -0.335 e. The standard InChI is InChI=1S/C22H20FN5OS/c1-14-24-20(26-28(14)17-10-8-16(23)9-11-17)22(29)27-12-4-5-15(13-27)21-25-18-6-2-3-7-19(18)30-21/h2-3,6-11,15H,4-5,12-13H2,1H3. The maximum Gasteiger partial charge on any atom is 0.293 e. The number of aromatic nitrogens is 4. The van der Waals surface area contributed by atoms with E-state index in [1.165, 1.54) is 16.8 Å². The third-order valence-corrected chi connectivity index (χ3v) is 6.60. The number of fused-ring (bicyclic) bond motifs is 1. The maximum absolute atomic E-state index is 13.2. The van der Waals surface area contributed by atoms with Gasteiger partial charge in [0.15, 0.2) is 0 Å². The molecule has 30 heavy (non-hydrogen) atoms. The highest BCUT2D eigenvalue weighted by molar-refractivity contribution is 7.18. The molecule has 1 atom stereocenters. The van der Waals surface area contributed by atoms with E-state index in [0.717, 1.165) is 23.4 Å². The van der Waals surface area contributed by atoms with Crippen molar-refractivity contribution in [3.63, 3.8) is 0 Å². The van der Waals surface area contributed by atoms with E-state index in [2.05, 4.69) is 16.1 Å². The summed E-state index contributed by atoms with van der Waals surface area (Å²) in [5, 5.41) is 5.47. The van der Waals surface area contributed by atoms with E-state index in [1.807, 2.05) is 23.1 Å². The van der Waals surface area contributed by atoms with Crippen LogP contribution in [0.1, 0.15) is 40.2 Å². The molecule has 0 spiro atoms. The van der Waals surface area contributed by atoms with Crippen molar-refractivity contribution in [1.29, 1.82) is 0 Å². The number of aryl methyl sites for hydroxylation is 1. The Bertz CT molecular complexity index is 1180. The van der Waals surface area contributed by atoms with Crippen LogP contribution in [0.15, 0.2) is 48.5 Å². The van der Waals surface area contributed by atoms with Crippen LogP contribution in [0.4, 0.5) is 4.39 Å². The predicted octanol–water partition coefficient (Wildman–Crippen LogP) is 4.34. The third kappa shape index (κ3) is 3.47. The van der Waals surface area contributed by atoms with Crippen LogP contribution in [0.2, 0.25) is 0 Å². The zero-order valence-corrected chi connectivity index (χ0v) is 17.3. The van der Waals surface area contributed by atoms with Gasteiger partial charge in [0.2, 0.25) is 5.82 Å². The Hall–Kier alpha value is -3.13. The average Bonchev–Trinajstić information content (AvgIpc) is 3.38. The van der Waals surface area contributed by atoms with E-state index in [-0.39, 0.29) is 23.5 Å². The fourth-order valence-electron chi connectivity index (χ4n) is 3.88. The van der Waals surface area contributed by atoms with Crippen LogP contribution >= 0.6 is 11.3 Å². The fourth-order valence-corrected chi connectivity index (χ4v) is 4.97. The van der Waals surface area contributed by atoms with E-state index in [1.54, 1.807) is 35.1 Å². The quantitative estimate of drug-likeness (QED) is 0.494. The number of piperidine rings is 1.